The van der Waals surface area contributed by atoms with Gasteiger partial charge >= 0.3 is 0 Å². The van der Waals surface area contributed by atoms with Crippen LogP contribution in [0, 0.1) is 10.8 Å². The van der Waals surface area contributed by atoms with Gasteiger partial charge in [-0.15, -0.1) is 0 Å². The van der Waals surface area contributed by atoms with Crippen molar-refractivity contribution in [1.29, 1.82) is 0 Å². The Kier molecular flexibility index (Phi) is 5.09. The molecule has 2 nitrogen and oxygen atoms in total. The smallest absolute Gasteiger partial charge is 0.122 e. The SMILES string of the molecule is CC(C)(C)CCCc1cc(O)cc(O)c1CCCC1(C)CC1. The highest BCUT2D eigenvalue weighted by molar-refractivity contribution is 5.45. The van der Waals surface area contributed by atoms with Gasteiger partial charge in [-0.25, -0.2) is 0 Å². The molecular formula is C20H32O2. The van der Waals surface area contributed by atoms with Crippen LogP contribution in [0.5, 0.6) is 11.5 Å². The van der Waals surface area contributed by atoms with E-state index in [0.717, 1.165) is 43.2 Å². The molecule has 0 aliphatic heterocycles. The van der Waals surface area contributed by atoms with Crippen LogP contribution in [0.1, 0.15) is 77.3 Å². The van der Waals surface area contributed by atoms with E-state index in [-0.39, 0.29) is 11.5 Å². The van der Waals surface area contributed by atoms with Crippen LogP contribution in [-0.2, 0) is 12.8 Å². The molecule has 22 heavy (non-hydrogen) atoms. The van der Waals surface area contributed by atoms with Crippen molar-refractivity contribution in [2.24, 2.45) is 10.8 Å². The Morgan fingerprint density at radius 1 is 1.05 bits per heavy atom. The molecule has 0 spiro atoms. The molecule has 0 saturated heterocycles. The van der Waals surface area contributed by atoms with E-state index in [1.807, 2.05) is 6.07 Å². The van der Waals surface area contributed by atoms with Gasteiger partial charge in [-0.3, -0.25) is 0 Å². The van der Waals surface area contributed by atoms with E-state index < -0.39 is 0 Å². The van der Waals surface area contributed by atoms with Crippen molar-refractivity contribution < 1.29 is 10.2 Å². The molecule has 1 saturated carbocycles. The summed E-state index contributed by atoms with van der Waals surface area (Å²) in [6.07, 6.45) is 9.19. The number of aryl methyl sites for hydroxylation is 1. The highest BCUT2D eigenvalue weighted by Gasteiger charge is 2.36. The zero-order valence-corrected chi connectivity index (χ0v) is 14.7. The lowest BCUT2D eigenvalue weighted by molar-refractivity contribution is 0.365. The maximum absolute atomic E-state index is 10.2. The summed E-state index contributed by atoms with van der Waals surface area (Å²) in [6.45, 7) is 9.12. The van der Waals surface area contributed by atoms with Gasteiger partial charge in [0.1, 0.15) is 11.5 Å². The van der Waals surface area contributed by atoms with Gasteiger partial charge in [-0.2, -0.15) is 0 Å². The first-order valence-electron chi connectivity index (χ1n) is 8.72. The summed E-state index contributed by atoms with van der Waals surface area (Å²) in [7, 11) is 0. The maximum Gasteiger partial charge on any atom is 0.122 e. The Morgan fingerprint density at radius 3 is 2.32 bits per heavy atom. The highest BCUT2D eigenvalue weighted by atomic mass is 16.3. The standard InChI is InChI=1S/C20H32O2/c1-19(2,3)9-5-7-15-13-16(21)14-18(22)17(15)8-6-10-20(4)11-12-20/h13-14,21-22H,5-12H2,1-4H3. The molecule has 1 aliphatic rings. The summed E-state index contributed by atoms with van der Waals surface area (Å²) in [4.78, 5) is 0. The van der Waals surface area contributed by atoms with Crippen LogP contribution in [0.2, 0.25) is 0 Å². The minimum Gasteiger partial charge on any atom is -0.508 e. The van der Waals surface area contributed by atoms with Crippen LogP contribution >= 0.6 is 0 Å². The molecule has 0 amide bonds. The van der Waals surface area contributed by atoms with Crippen molar-refractivity contribution in [2.75, 3.05) is 0 Å². The Balaban J connectivity index is 1.99. The number of rotatable bonds is 7. The van der Waals surface area contributed by atoms with Crippen molar-refractivity contribution in [2.45, 2.75) is 79.1 Å². The van der Waals surface area contributed by atoms with Crippen molar-refractivity contribution in [3.8, 4) is 11.5 Å². The minimum absolute atomic E-state index is 0.182. The van der Waals surface area contributed by atoms with Crippen LogP contribution in [0.25, 0.3) is 0 Å². The van der Waals surface area contributed by atoms with E-state index in [4.69, 9.17) is 0 Å². The molecule has 1 aromatic carbocycles. The molecule has 0 atom stereocenters. The van der Waals surface area contributed by atoms with E-state index in [9.17, 15) is 10.2 Å². The molecule has 124 valence electrons. The third-order valence-electron chi connectivity index (χ3n) is 4.99. The van der Waals surface area contributed by atoms with Gasteiger partial charge in [0, 0.05) is 6.07 Å². The maximum atomic E-state index is 10.2. The number of aromatic hydroxyl groups is 2. The monoisotopic (exact) mass is 304 g/mol. The van der Waals surface area contributed by atoms with Crippen molar-refractivity contribution >= 4 is 0 Å². The fraction of sp³-hybridized carbons (Fsp3) is 0.700. The van der Waals surface area contributed by atoms with Gasteiger partial charge in [0.2, 0.25) is 0 Å². The topological polar surface area (TPSA) is 40.5 Å². The fourth-order valence-electron chi connectivity index (χ4n) is 3.18. The van der Waals surface area contributed by atoms with E-state index >= 15 is 0 Å². The fourth-order valence-corrected chi connectivity index (χ4v) is 3.18. The first-order chi connectivity index (χ1) is 10.2. The second-order valence-electron chi connectivity index (χ2n) is 8.68. The zero-order valence-electron chi connectivity index (χ0n) is 14.7. The molecule has 1 aliphatic carbocycles. The van der Waals surface area contributed by atoms with Crippen LogP contribution in [0.15, 0.2) is 12.1 Å². The van der Waals surface area contributed by atoms with Crippen molar-refractivity contribution in [3.63, 3.8) is 0 Å². The third-order valence-corrected chi connectivity index (χ3v) is 4.99. The highest BCUT2D eigenvalue weighted by Crippen LogP contribution is 2.49. The summed E-state index contributed by atoms with van der Waals surface area (Å²) in [5.41, 5.74) is 3.08. The number of benzene rings is 1. The number of phenolic OH excluding ortho intramolecular Hbond substituents is 2. The molecule has 1 aromatic rings. The predicted octanol–water partition coefficient (Wildman–Crippen LogP) is 5.59. The average molecular weight is 304 g/mol. The Morgan fingerprint density at radius 2 is 1.73 bits per heavy atom. The van der Waals surface area contributed by atoms with E-state index in [1.165, 1.54) is 25.3 Å². The van der Waals surface area contributed by atoms with E-state index in [0.29, 0.717) is 10.8 Å². The van der Waals surface area contributed by atoms with Crippen LogP contribution in [0.4, 0.5) is 0 Å². The first kappa shape index (κ1) is 17.2. The summed E-state index contributed by atoms with van der Waals surface area (Å²) in [5.74, 6) is 0.452. The van der Waals surface area contributed by atoms with Crippen molar-refractivity contribution in [3.05, 3.63) is 23.3 Å². The predicted molar refractivity (Wildman–Crippen MR) is 92.4 cm³/mol. The lowest BCUT2D eigenvalue weighted by atomic mass is 9.87. The largest absolute Gasteiger partial charge is 0.508 e. The molecule has 2 rings (SSSR count). The van der Waals surface area contributed by atoms with Gasteiger partial charge in [-0.1, -0.05) is 27.7 Å². The van der Waals surface area contributed by atoms with Gasteiger partial charge in [0.25, 0.3) is 0 Å². The van der Waals surface area contributed by atoms with Gasteiger partial charge < -0.3 is 10.2 Å². The molecule has 0 unspecified atom stereocenters. The Hall–Kier alpha value is -1.18. The molecule has 0 radical (unpaired) electrons. The summed E-state index contributed by atoms with van der Waals surface area (Å²) in [5, 5.41) is 20.0. The van der Waals surface area contributed by atoms with Crippen molar-refractivity contribution in [1.82, 2.24) is 0 Å². The van der Waals surface area contributed by atoms with Gasteiger partial charge in [0.05, 0.1) is 0 Å². The molecule has 0 bridgehead atoms. The Labute approximate surface area is 135 Å². The lowest BCUT2D eigenvalue weighted by Crippen LogP contribution is -2.06. The molecular weight excluding hydrogens is 272 g/mol. The molecule has 0 aromatic heterocycles. The van der Waals surface area contributed by atoms with E-state index in [1.54, 1.807) is 0 Å². The van der Waals surface area contributed by atoms with Gasteiger partial charge in [0.15, 0.2) is 0 Å². The second kappa shape index (κ2) is 6.52. The molecule has 1 fully saturated rings. The quantitative estimate of drug-likeness (QED) is 0.689. The number of hydrogen-bond donors (Lipinski definition) is 2. The first-order valence-corrected chi connectivity index (χ1v) is 8.72. The van der Waals surface area contributed by atoms with Gasteiger partial charge in [-0.05, 0) is 79.4 Å². The second-order valence-corrected chi connectivity index (χ2v) is 8.68. The zero-order chi connectivity index (χ0) is 16.4. The molecule has 2 N–H and O–H groups in total. The molecule has 0 heterocycles. The summed E-state index contributed by atoms with van der Waals surface area (Å²) >= 11 is 0. The summed E-state index contributed by atoms with van der Waals surface area (Å²) in [6, 6.07) is 3.33. The third kappa shape index (κ3) is 5.23. The van der Waals surface area contributed by atoms with E-state index in [2.05, 4.69) is 27.7 Å². The average Bonchev–Trinajstić information content (AvgIpc) is 3.09. The normalized spacial score (nSPS) is 16.7. The Bertz CT molecular complexity index is 507. The lowest BCUT2D eigenvalue weighted by Gasteiger charge is -2.19. The number of phenols is 2. The van der Waals surface area contributed by atoms with Crippen LogP contribution in [-0.4, -0.2) is 10.2 Å². The minimum atomic E-state index is 0.182. The van der Waals surface area contributed by atoms with Crippen LogP contribution in [0.3, 0.4) is 0 Å². The number of hydrogen-bond acceptors (Lipinski definition) is 2. The van der Waals surface area contributed by atoms with Crippen LogP contribution < -0.4 is 0 Å². The summed E-state index contributed by atoms with van der Waals surface area (Å²) < 4.78 is 0. The molecule has 2 heteroatoms.